The lowest BCUT2D eigenvalue weighted by molar-refractivity contribution is 0.177. The normalized spacial score (nSPS) is 14.5. The summed E-state index contributed by atoms with van der Waals surface area (Å²) in [6.07, 6.45) is 2.29. The van der Waals surface area contributed by atoms with E-state index in [1.807, 2.05) is 29.2 Å². The number of carbonyl (C=O) groups excluding carboxylic acids is 1. The van der Waals surface area contributed by atoms with Gasteiger partial charge in [0.05, 0.1) is 7.11 Å². The van der Waals surface area contributed by atoms with Crippen molar-refractivity contribution in [1.82, 2.24) is 20.4 Å². The number of likely N-dealkylation sites (tertiary alicyclic amines) is 1. The molecular weight excluding hydrogens is 399 g/mol. The van der Waals surface area contributed by atoms with Gasteiger partial charge in [-0.2, -0.15) is 0 Å². The van der Waals surface area contributed by atoms with Crippen molar-refractivity contribution >= 4 is 6.03 Å². The SMILES string of the molecule is COc1ccc(CCNC(=O)N2CCC(c3nnc(-c4ccc(F)cc4)o3)CC2)cc1. The van der Waals surface area contributed by atoms with Gasteiger partial charge < -0.3 is 19.4 Å². The van der Waals surface area contributed by atoms with E-state index in [0.29, 0.717) is 37.0 Å². The van der Waals surface area contributed by atoms with Crippen molar-refractivity contribution in [3.8, 4) is 17.2 Å². The van der Waals surface area contributed by atoms with Gasteiger partial charge in [-0.15, -0.1) is 10.2 Å². The van der Waals surface area contributed by atoms with Crippen molar-refractivity contribution in [2.24, 2.45) is 0 Å². The molecule has 1 fully saturated rings. The minimum Gasteiger partial charge on any atom is -0.497 e. The quantitative estimate of drug-likeness (QED) is 0.647. The van der Waals surface area contributed by atoms with Crippen LogP contribution in [-0.4, -0.2) is 47.9 Å². The van der Waals surface area contributed by atoms with Crippen molar-refractivity contribution < 1.29 is 18.3 Å². The van der Waals surface area contributed by atoms with Crippen LogP contribution < -0.4 is 10.1 Å². The van der Waals surface area contributed by atoms with E-state index >= 15 is 0 Å². The third-order valence-electron chi connectivity index (χ3n) is 5.51. The summed E-state index contributed by atoms with van der Waals surface area (Å²) in [7, 11) is 1.64. The van der Waals surface area contributed by atoms with Gasteiger partial charge in [0, 0.05) is 31.1 Å². The van der Waals surface area contributed by atoms with E-state index in [2.05, 4.69) is 15.5 Å². The van der Waals surface area contributed by atoms with Gasteiger partial charge in [0.15, 0.2) is 0 Å². The number of nitrogens with zero attached hydrogens (tertiary/aromatic N) is 3. The molecule has 0 unspecified atom stereocenters. The van der Waals surface area contributed by atoms with Crippen molar-refractivity contribution in [1.29, 1.82) is 0 Å². The van der Waals surface area contributed by atoms with E-state index in [9.17, 15) is 9.18 Å². The zero-order valence-corrected chi connectivity index (χ0v) is 17.4. The van der Waals surface area contributed by atoms with Crippen molar-refractivity contribution in [3.63, 3.8) is 0 Å². The standard InChI is InChI=1S/C23H25FN4O3/c1-30-20-8-2-16(3-9-20)10-13-25-23(29)28-14-11-18(12-15-28)22-27-26-21(31-22)17-4-6-19(24)7-5-17/h2-9,18H,10-15H2,1H3,(H,25,29). The van der Waals surface area contributed by atoms with E-state index in [1.165, 1.54) is 12.1 Å². The lowest BCUT2D eigenvalue weighted by atomic mass is 9.97. The van der Waals surface area contributed by atoms with Gasteiger partial charge in [0.25, 0.3) is 0 Å². The molecule has 1 saturated heterocycles. The van der Waals surface area contributed by atoms with E-state index in [4.69, 9.17) is 9.15 Å². The number of halogens is 1. The summed E-state index contributed by atoms with van der Waals surface area (Å²) >= 11 is 0. The second-order valence-corrected chi connectivity index (χ2v) is 7.54. The second-order valence-electron chi connectivity index (χ2n) is 7.54. The molecule has 2 amide bonds. The van der Waals surface area contributed by atoms with E-state index in [0.717, 1.165) is 30.6 Å². The van der Waals surface area contributed by atoms with Gasteiger partial charge in [-0.25, -0.2) is 9.18 Å². The number of rotatable bonds is 6. The fourth-order valence-corrected chi connectivity index (χ4v) is 3.66. The van der Waals surface area contributed by atoms with Crippen LogP contribution in [-0.2, 0) is 6.42 Å². The third kappa shape index (κ3) is 5.20. The smallest absolute Gasteiger partial charge is 0.317 e. The molecule has 0 saturated carbocycles. The Morgan fingerprint density at radius 1 is 1.13 bits per heavy atom. The maximum absolute atomic E-state index is 13.1. The number of methoxy groups -OCH3 is 1. The second kappa shape index (κ2) is 9.59. The Kier molecular flexibility index (Phi) is 6.45. The zero-order valence-electron chi connectivity index (χ0n) is 17.4. The van der Waals surface area contributed by atoms with E-state index in [-0.39, 0.29) is 17.8 Å². The van der Waals surface area contributed by atoms with Crippen LogP contribution in [0.5, 0.6) is 5.75 Å². The first kappa shape index (κ1) is 20.8. The minimum absolute atomic E-state index is 0.0514. The van der Waals surface area contributed by atoms with Crippen LogP contribution in [0.1, 0.15) is 30.2 Å². The number of carbonyl (C=O) groups is 1. The Morgan fingerprint density at radius 2 is 1.84 bits per heavy atom. The molecular formula is C23H25FN4O3. The number of aromatic nitrogens is 2. The van der Waals surface area contributed by atoms with Crippen LogP contribution in [0.15, 0.2) is 52.9 Å². The molecule has 1 aliphatic heterocycles. The average molecular weight is 424 g/mol. The summed E-state index contributed by atoms with van der Waals surface area (Å²) in [4.78, 5) is 14.3. The number of ether oxygens (including phenoxy) is 1. The number of amides is 2. The van der Waals surface area contributed by atoms with Crippen molar-refractivity contribution in [2.45, 2.75) is 25.2 Å². The molecule has 0 atom stereocenters. The first-order valence-electron chi connectivity index (χ1n) is 10.4. The average Bonchev–Trinajstić information content (AvgIpc) is 3.30. The minimum atomic E-state index is -0.307. The van der Waals surface area contributed by atoms with Gasteiger partial charge in [0.2, 0.25) is 11.8 Å². The summed E-state index contributed by atoms with van der Waals surface area (Å²) < 4.78 is 24.0. The predicted molar refractivity (Wildman–Crippen MR) is 113 cm³/mol. The highest BCUT2D eigenvalue weighted by atomic mass is 19.1. The first-order valence-corrected chi connectivity index (χ1v) is 10.4. The Balaban J connectivity index is 1.23. The highest BCUT2D eigenvalue weighted by molar-refractivity contribution is 5.74. The monoisotopic (exact) mass is 424 g/mol. The lowest BCUT2D eigenvalue weighted by Crippen LogP contribution is -2.44. The Labute approximate surface area is 180 Å². The molecule has 0 aliphatic carbocycles. The molecule has 0 bridgehead atoms. The number of nitrogens with one attached hydrogen (secondary N) is 1. The molecule has 3 aromatic rings. The summed E-state index contributed by atoms with van der Waals surface area (Å²) in [5, 5.41) is 11.2. The topological polar surface area (TPSA) is 80.5 Å². The highest BCUT2D eigenvalue weighted by Crippen LogP contribution is 2.29. The van der Waals surface area contributed by atoms with E-state index in [1.54, 1.807) is 19.2 Å². The molecule has 8 heteroatoms. The van der Waals surface area contributed by atoms with Crippen LogP contribution in [0.2, 0.25) is 0 Å². The third-order valence-corrected chi connectivity index (χ3v) is 5.51. The van der Waals surface area contributed by atoms with Crippen LogP contribution in [0.25, 0.3) is 11.5 Å². The molecule has 1 N–H and O–H groups in total. The number of piperidine rings is 1. The molecule has 162 valence electrons. The van der Waals surface area contributed by atoms with E-state index < -0.39 is 0 Å². The Bertz CT molecular complexity index is 996. The van der Waals surface area contributed by atoms with Gasteiger partial charge in [-0.3, -0.25) is 0 Å². The molecule has 4 rings (SSSR count). The molecule has 0 radical (unpaired) electrons. The zero-order chi connectivity index (χ0) is 21.6. The lowest BCUT2D eigenvalue weighted by Gasteiger charge is -2.30. The van der Waals surface area contributed by atoms with Crippen LogP contribution >= 0.6 is 0 Å². The number of hydrogen-bond donors (Lipinski definition) is 1. The van der Waals surface area contributed by atoms with Gasteiger partial charge in [-0.05, 0) is 61.2 Å². The van der Waals surface area contributed by atoms with Crippen LogP contribution in [0.3, 0.4) is 0 Å². The molecule has 1 aliphatic rings. The molecule has 1 aromatic heterocycles. The molecule has 2 heterocycles. The summed E-state index contributed by atoms with van der Waals surface area (Å²) in [5.74, 6) is 1.58. The fourth-order valence-electron chi connectivity index (χ4n) is 3.66. The van der Waals surface area contributed by atoms with Gasteiger partial charge in [0.1, 0.15) is 11.6 Å². The van der Waals surface area contributed by atoms with Crippen molar-refractivity contribution in [3.05, 3.63) is 65.8 Å². The number of urea groups is 1. The van der Waals surface area contributed by atoms with Gasteiger partial charge >= 0.3 is 6.03 Å². The maximum Gasteiger partial charge on any atom is 0.317 e. The molecule has 2 aromatic carbocycles. The molecule has 31 heavy (non-hydrogen) atoms. The van der Waals surface area contributed by atoms with Crippen LogP contribution in [0, 0.1) is 5.82 Å². The molecule has 0 spiro atoms. The Hall–Kier alpha value is -3.42. The Morgan fingerprint density at radius 3 is 2.52 bits per heavy atom. The highest BCUT2D eigenvalue weighted by Gasteiger charge is 2.27. The number of hydrogen-bond acceptors (Lipinski definition) is 5. The number of benzene rings is 2. The predicted octanol–water partition coefficient (Wildman–Crippen LogP) is 4.02. The molecule has 7 nitrogen and oxygen atoms in total. The van der Waals surface area contributed by atoms with Crippen molar-refractivity contribution in [2.75, 3.05) is 26.7 Å². The summed E-state index contributed by atoms with van der Waals surface area (Å²) in [6.45, 7) is 1.84. The largest absolute Gasteiger partial charge is 0.497 e. The fraction of sp³-hybridized carbons (Fsp3) is 0.348. The van der Waals surface area contributed by atoms with Crippen LogP contribution in [0.4, 0.5) is 9.18 Å². The van der Waals surface area contributed by atoms with Gasteiger partial charge in [-0.1, -0.05) is 12.1 Å². The first-order chi connectivity index (χ1) is 15.1. The maximum atomic E-state index is 13.1. The summed E-state index contributed by atoms with van der Waals surface area (Å²) in [5.41, 5.74) is 1.84. The summed E-state index contributed by atoms with van der Waals surface area (Å²) in [6, 6.07) is 13.8.